The van der Waals surface area contributed by atoms with Crippen LogP contribution >= 0.6 is 0 Å². The molecule has 108 valence electrons. The molecule has 0 aliphatic heterocycles. The summed E-state index contributed by atoms with van der Waals surface area (Å²) in [5.41, 5.74) is -0.331. The first-order valence-corrected chi connectivity index (χ1v) is 5.48. The molecule has 0 atom stereocenters. The van der Waals surface area contributed by atoms with E-state index in [2.05, 4.69) is 10.6 Å². The van der Waals surface area contributed by atoms with Gasteiger partial charge in [-0.1, -0.05) is 0 Å². The molecule has 1 aromatic carbocycles. The maximum Gasteiger partial charge on any atom is 0.322 e. The highest BCUT2D eigenvalue weighted by Crippen LogP contribution is 2.27. The van der Waals surface area contributed by atoms with Crippen LogP contribution in [0.1, 0.15) is 5.56 Å². The summed E-state index contributed by atoms with van der Waals surface area (Å²) in [7, 11) is 0. The van der Waals surface area contributed by atoms with E-state index in [4.69, 9.17) is 5.11 Å². The van der Waals surface area contributed by atoms with Crippen molar-refractivity contribution in [1.82, 2.24) is 5.32 Å². The molecule has 1 amide bonds. The fourth-order valence-corrected chi connectivity index (χ4v) is 1.38. The second-order valence-corrected chi connectivity index (χ2v) is 3.90. The van der Waals surface area contributed by atoms with Crippen LogP contribution in [-0.2, 0) is 9.59 Å². The van der Waals surface area contributed by atoms with E-state index in [0.717, 1.165) is 6.07 Å². The van der Waals surface area contributed by atoms with Gasteiger partial charge in [0.15, 0.2) is 0 Å². The van der Waals surface area contributed by atoms with Gasteiger partial charge in [-0.05, 0) is 18.6 Å². The first-order valence-electron chi connectivity index (χ1n) is 5.48. The number of aliphatic carboxylic acids is 1. The van der Waals surface area contributed by atoms with Gasteiger partial charge in [0.1, 0.15) is 18.0 Å². The van der Waals surface area contributed by atoms with Crippen LogP contribution in [0, 0.1) is 22.9 Å². The third kappa shape index (κ3) is 4.19. The van der Waals surface area contributed by atoms with E-state index in [9.17, 15) is 24.1 Å². The van der Waals surface area contributed by atoms with Crippen molar-refractivity contribution >= 4 is 23.3 Å². The van der Waals surface area contributed by atoms with Crippen LogP contribution in [0.25, 0.3) is 0 Å². The minimum absolute atomic E-state index is 0.0145. The Bertz CT molecular complexity index is 561. The number of carbonyl (C=O) groups is 2. The summed E-state index contributed by atoms with van der Waals surface area (Å²) >= 11 is 0. The molecule has 0 spiro atoms. The summed E-state index contributed by atoms with van der Waals surface area (Å²) in [5, 5.41) is 23.7. The minimum Gasteiger partial charge on any atom is -0.480 e. The fraction of sp³-hybridized carbons (Fsp3) is 0.273. The van der Waals surface area contributed by atoms with E-state index in [1.54, 1.807) is 0 Å². The standard InChI is InChI=1S/C11H12FN3O5/c1-6-2-8(9(15(19)20)3-7(6)12)13-4-10(16)14-5-11(17)18/h2-3,13H,4-5H2,1H3,(H,14,16)(H,17,18). The predicted octanol–water partition coefficient (Wildman–Crippen LogP) is 0.655. The molecule has 8 nitrogen and oxygen atoms in total. The minimum atomic E-state index is -1.21. The van der Waals surface area contributed by atoms with E-state index in [-0.39, 0.29) is 17.8 Å². The molecular formula is C11H12FN3O5. The molecule has 0 aliphatic rings. The van der Waals surface area contributed by atoms with Crippen molar-refractivity contribution in [1.29, 1.82) is 0 Å². The number of halogens is 1. The Kier molecular flexibility index (Phi) is 4.95. The van der Waals surface area contributed by atoms with Crippen molar-refractivity contribution in [2.24, 2.45) is 0 Å². The van der Waals surface area contributed by atoms with Gasteiger partial charge in [0.25, 0.3) is 5.69 Å². The molecule has 0 saturated carbocycles. The first-order chi connectivity index (χ1) is 9.31. The van der Waals surface area contributed by atoms with Crippen LogP contribution in [0.2, 0.25) is 0 Å². The van der Waals surface area contributed by atoms with Gasteiger partial charge in [-0.15, -0.1) is 0 Å². The zero-order valence-electron chi connectivity index (χ0n) is 10.5. The molecular weight excluding hydrogens is 273 g/mol. The first kappa shape index (κ1) is 15.3. The number of carboxylic acid groups (broad SMARTS) is 1. The molecule has 0 aromatic heterocycles. The number of amides is 1. The fourth-order valence-electron chi connectivity index (χ4n) is 1.38. The van der Waals surface area contributed by atoms with Gasteiger partial charge >= 0.3 is 5.97 Å². The number of nitro benzene ring substituents is 1. The second-order valence-electron chi connectivity index (χ2n) is 3.90. The molecule has 1 aromatic rings. The Morgan fingerprint density at radius 3 is 2.60 bits per heavy atom. The molecule has 3 N–H and O–H groups in total. The van der Waals surface area contributed by atoms with Gasteiger partial charge in [-0.25, -0.2) is 4.39 Å². The van der Waals surface area contributed by atoms with Crippen molar-refractivity contribution in [2.75, 3.05) is 18.4 Å². The summed E-state index contributed by atoms with van der Waals surface area (Å²) in [4.78, 5) is 31.5. The van der Waals surface area contributed by atoms with E-state index in [1.807, 2.05) is 0 Å². The van der Waals surface area contributed by atoms with Crippen LogP contribution < -0.4 is 10.6 Å². The highest BCUT2D eigenvalue weighted by atomic mass is 19.1. The number of nitrogens with zero attached hydrogens (tertiary/aromatic N) is 1. The number of anilines is 1. The largest absolute Gasteiger partial charge is 0.480 e. The van der Waals surface area contributed by atoms with Gasteiger partial charge < -0.3 is 15.7 Å². The predicted molar refractivity (Wildman–Crippen MR) is 66.9 cm³/mol. The van der Waals surface area contributed by atoms with E-state index in [0.29, 0.717) is 0 Å². The quantitative estimate of drug-likeness (QED) is 0.521. The number of rotatable bonds is 6. The number of carboxylic acids is 1. The van der Waals surface area contributed by atoms with E-state index >= 15 is 0 Å². The van der Waals surface area contributed by atoms with Crippen molar-refractivity contribution in [3.05, 3.63) is 33.6 Å². The average Bonchev–Trinajstić information content (AvgIpc) is 2.36. The Morgan fingerprint density at radius 2 is 2.05 bits per heavy atom. The Morgan fingerprint density at radius 1 is 1.40 bits per heavy atom. The lowest BCUT2D eigenvalue weighted by molar-refractivity contribution is -0.384. The number of nitro groups is 1. The highest BCUT2D eigenvalue weighted by Gasteiger charge is 2.17. The number of aryl methyl sites for hydroxylation is 1. The summed E-state index contributed by atoms with van der Waals surface area (Å²) < 4.78 is 13.3. The van der Waals surface area contributed by atoms with E-state index in [1.165, 1.54) is 13.0 Å². The maximum absolute atomic E-state index is 13.3. The number of benzene rings is 1. The second kappa shape index (κ2) is 6.45. The van der Waals surface area contributed by atoms with Crippen LogP contribution in [0.15, 0.2) is 12.1 Å². The van der Waals surface area contributed by atoms with Crippen LogP contribution in [0.3, 0.4) is 0 Å². The van der Waals surface area contributed by atoms with Crippen LogP contribution in [-0.4, -0.2) is 35.0 Å². The lowest BCUT2D eigenvalue weighted by Crippen LogP contribution is -2.33. The zero-order chi connectivity index (χ0) is 15.3. The smallest absolute Gasteiger partial charge is 0.322 e. The molecule has 9 heteroatoms. The number of nitrogens with one attached hydrogen (secondary N) is 2. The molecule has 0 saturated heterocycles. The lowest BCUT2D eigenvalue weighted by atomic mass is 10.2. The van der Waals surface area contributed by atoms with Gasteiger partial charge in [-0.2, -0.15) is 0 Å². The third-order valence-corrected chi connectivity index (χ3v) is 2.35. The topological polar surface area (TPSA) is 122 Å². The van der Waals surface area contributed by atoms with Crippen molar-refractivity contribution in [2.45, 2.75) is 6.92 Å². The molecule has 1 rings (SSSR count). The van der Waals surface area contributed by atoms with Gasteiger partial charge in [0.2, 0.25) is 5.91 Å². The molecule has 20 heavy (non-hydrogen) atoms. The maximum atomic E-state index is 13.3. The molecule has 0 aliphatic carbocycles. The molecule has 0 radical (unpaired) electrons. The van der Waals surface area contributed by atoms with Crippen molar-refractivity contribution < 1.29 is 24.0 Å². The van der Waals surface area contributed by atoms with Crippen molar-refractivity contribution in [3.63, 3.8) is 0 Å². The Balaban J connectivity index is 2.77. The summed E-state index contributed by atoms with van der Waals surface area (Å²) in [6.45, 7) is 0.513. The van der Waals surface area contributed by atoms with Gasteiger partial charge in [0, 0.05) is 0 Å². The zero-order valence-corrected chi connectivity index (χ0v) is 10.5. The lowest BCUT2D eigenvalue weighted by Gasteiger charge is -2.08. The Labute approximate surface area is 112 Å². The Hall–Kier alpha value is -2.71. The SMILES string of the molecule is Cc1cc(NCC(=O)NCC(=O)O)c([N+](=O)[O-])cc1F. The molecule has 0 heterocycles. The number of hydrogen-bond acceptors (Lipinski definition) is 5. The van der Waals surface area contributed by atoms with Gasteiger partial charge in [-0.3, -0.25) is 19.7 Å². The van der Waals surface area contributed by atoms with E-state index < -0.39 is 34.8 Å². The van der Waals surface area contributed by atoms with Gasteiger partial charge in [0.05, 0.1) is 17.5 Å². The molecule has 0 unspecified atom stereocenters. The van der Waals surface area contributed by atoms with Crippen LogP contribution in [0.5, 0.6) is 0 Å². The highest BCUT2D eigenvalue weighted by molar-refractivity contribution is 5.85. The molecule has 0 bridgehead atoms. The summed E-state index contributed by atoms with van der Waals surface area (Å²) in [6, 6.07) is 1.96. The van der Waals surface area contributed by atoms with Crippen molar-refractivity contribution in [3.8, 4) is 0 Å². The number of carbonyl (C=O) groups excluding carboxylic acids is 1. The average molecular weight is 285 g/mol. The molecule has 0 fully saturated rings. The monoisotopic (exact) mass is 285 g/mol. The normalized spacial score (nSPS) is 9.90. The van der Waals surface area contributed by atoms with Crippen LogP contribution in [0.4, 0.5) is 15.8 Å². The summed E-state index contributed by atoms with van der Waals surface area (Å²) in [5.74, 6) is -2.58. The number of hydrogen-bond donors (Lipinski definition) is 3. The third-order valence-electron chi connectivity index (χ3n) is 2.35. The summed E-state index contributed by atoms with van der Waals surface area (Å²) in [6.07, 6.45) is 0.